The maximum atomic E-state index is 15.6. The summed E-state index contributed by atoms with van der Waals surface area (Å²) >= 11 is 0. The van der Waals surface area contributed by atoms with Crippen molar-refractivity contribution >= 4 is 40.2 Å². The van der Waals surface area contributed by atoms with Gasteiger partial charge in [-0.2, -0.15) is 8.78 Å². The van der Waals surface area contributed by atoms with Gasteiger partial charge in [-0.05, 0) is 38.1 Å². The summed E-state index contributed by atoms with van der Waals surface area (Å²) in [5.74, 6) is -6.44. The first-order valence-corrected chi connectivity index (χ1v) is 11.7. The van der Waals surface area contributed by atoms with Crippen LogP contribution in [0.2, 0.25) is 0 Å². The number of aromatic carboxylic acids is 1. The molecule has 6 N–H and O–H groups in total. The van der Waals surface area contributed by atoms with Gasteiger partial charge in [0.15, 0.2) is 11.6 Å². The molecule has 1 aromatic carbocycles. The lowest BCUT2D eigenvalue weighted by Gasteiger charge is -2.26. The lowest BCUT2D eigenvalue weighted by atomic mass is 9.94. The standard InChI is InChI=1S/C21H23F3N4O4.C2H2O4/c22-14-15(25)13-16(28(10-3-4-10)7-11(18(13)29)20(30)31)19(32-21(23)24)17(14)27-6-9-2-1-5-26-12(9)8-27;3-1(4)2(5)6/h7,9-10,12,21,26H,1-6,8,25H2,(H,30,31);(H,3,4)(H,5,6)/t9-,12+;/m1./s1. The molecule has 1 aliphatic carbocycles. The molecule has 1 saturated carbocycles. The molecule has 3 fully saturated rings. The first kappa shape index (κ1) is 27.0. The quantitative estimate of drug-likeness (QED) is 0.274. The Balaban J connectivity index is 0.000000505. The Hall–Kier alpha value is -4.01. The highest BCUT2D eigenvalue weighted by atomic mass is 19.3. The molecule has 0 amide bonds. The minimum absolute atomic E-state index is 0.0829. The molecule has 2 saturated heterocycles. The molecule has 3 aliphatic rings. The van der Waals surface area contributed by atoms with Crippen molar-refractivity contribution in [1.82, 2.24) is 9.88 Å². The van der Waals surface area contributed by atoms with Gasteiger partial charge in [0.25, 0.3) is 0 Å². The number of carbonyl (C=O) groups is 3. The Morgan fingerprint density at radius 1 is 1.11 bits per heavy atom. The zero-order valence-corrected chi connectivity index (χ0v) is 19.8. The van der Waals surface area contributed by atoms with Crippen LogP contribution in [0.5, 0.6) is 5.75 Å². The van der Waals surface area contributed by atoms with Crippen LogP contribution in [0.3, 0.4) is 0 Å². The van der Waals surface area contributed by atoms with Gasteiger partial charge >= 0.3 is 24.5 Å². The van der Waals surface area contributed by atoms with Crippen molar-refractivity contribution in [2.24, 2.45) is 5.92 Å². The summed E-state index contributed by atoms with van der Waals surface area (Å²) in [7, 11) is 0. The number of fused-ring (bicyclic) bond motifs is 2. The first-order valence-electron chi connectivity index (χ1n) is 11.7. The monoisotopic (exact) mass is 542 g/mol. The fourth-order valence-electron chi connectivity index (χ4n) is 5.07. The minimum atomic E-state index is -3.27. The highest BCUT2D eigenvalue weighted by molar-refractivity contribution is 6.27. The Morgan fingerprint density at radius 3 is 2.29 bits per heavy atom. The number of carboxylic acid groups (broad SMARTS) is 3. The van der Waals surface area contributed by atoms with E-state index in [0.29, 0.717) is 25.9 Å². The number of pyridine rings is 1. The van der Waals surface area contributed by atoms with Crippen LogP contribution in [0.4, 0.5) is 24.5 Å². The number of hydrogen-bond acceptors (Lipinski definition) is 8. The minimum Gasteiger partial charge on any atom is -0.477 e. The van der Waals surface area contributed by atoms with E-state index >= 15 is 4.39 Å². The van der Waals surface area contributed by atoms with Gasteiger partial charge in [0.1, 0.15) is 11.3 Å². The summed E-state index contributed by atoms with van der Waals surface area (Å²) in [6.07, 6.45) is 4.34. The summed E-state index contributed by atoms with van der Waals surface area (Å²) in [6.45, 7) is -1.63. The van der Waals surface area contributed by atoms with Gasteiger partial charge < -0.3 is 40.6 Å². The van der Waals surface area contributed by atoms with Crippen molar-refractivity contribution < 1.29 is 47.6 Å². The number of aliphatic carboxylic acids is 2. The van der Waals surface area contributed by atoms with Crippen LogP contribution in [0.25, 0.3) is 10.9 Å². The predicted molar refractivity (Wildman–Crippen MR) is 126 cm³/mol. The SMILES string of the molecule is Nc1c(F)c(N2C[C@H]3CCCN[C@H]3C2)c(OC(F)F)c2c1c(=O)c(C(=O)O)cn2C1CC1.O=C(O)C(=O)O. The van der Waals surface area contributed by atoms with E-state index in [1.165, 1.54) is 4.57 Å². The number of nitrogens with two attached hydrogens (primary N) is 1. The molecule has 0 bridgehead atoms. The lowest BCUT2D eigenvalue weighted by Crippen LogP contribution is -2.40. The highest BCUT2D eigenvalue weighted by Crippen LogP contribution is 2.47. The number of aromatic nitrogens is 1. The molecule has 2 aliphatic heterocycles. The molecule has 0 radical (unpaired) electrons. The Kier molecular flexibility index (Phi) is 7.40. The third kappa shape index (κ3) is 5.05. The first-order chi connectivity index (χ1) is 17.9. The lowest BCUT2D eigenvalue weighted by molar-refractivity contribution is -0.159. The van der Waals surface area contributed by atoms with Crippen LogP contribution in [0.15, 0.2) is 11.0 Å². The van der Waals surface area contributed by atoms with Crippen molar-refractivity contribution in [1.29, 1.82) is 0 Å². The number of ether oxygens (including phenoxy) is 1. The molecular weight excluding hydrogens is 517 g/mol. The largest absolute Gasteiger partial charge is 0.477 e. The molecule has 0 spiro atoms. The van der Waals surface area contributed by atoms with Gasteiger partial charge in [0.05, 0.1) is 16.6 Å². The summed E-state index contributed by atoms with van der Waals surface area (Å²) in [6, 6.07) is -0.128. The number of halogens is 3. The topological polar surface area (TPSA) is 184 Å². The normalized spacial score (nSPS) is 20.6. The zero-order valence-electron chi connectivity index (χ0n) is 19.8. The maximum Gasteiger partial charge on any atom is 0.414 e. The van der Waals surface area contributed by atoms with Crippen LogP contribution in [-0.2, 0) is 9.59 Å². The summed E-state index contributed by atoms with van der Waals surface area (Å²) < 4.78 is 48.9. The molecule has 5 rings (SSSR count). The molecule has 206 valence electrons. The molecule has 38 heavy (non-hydrogen) atoms. The Labute approximate surface area is 212 Å². The van der Waals surface area contributed by atoms with E-state index in [0.717, 1.165) is 25.6 Å². The van der Waals surface area contributed by atoms with Crippen molar-refractivity contribution in [2.75, 3.05) is 30.3 Å². The molecule has 2 aromatic rings. The van der Waals surface area contributed by atoms with Crippen molar-refractivity contribution in [3.05, 3.63) is 27.8 Å². The van der Waals surface area contributed by atoms with Gasteiger partial charge in [-0.25, -0.2) is 18.8 Å². The average Bonchev–Trinajstić information content (AvgIpc) is 3.60. The molecule has 2 atom stereocenters. The fraction of sp³-hybridized carbons (Fsp3) is 0.478. The van der Waals surface area contributed by atoms with Crippen molar-refractivity contribution in [3.63, 3.8) is 0 Å². The number of anilines is 2. The van der Waals surface area contributed by atoms with Gasteiger partial charge in [-0.1, -0.05) is 0 Å². The number of hydrogen-bond donors (Lipinski definition) is 5. The molecule has 15 heteroatoms. The van der Waals surface area contributed by atoms with Crippen molar-refractivity contribution in [3.8, 4) is 5.75 Å². The Morgan fingerprint density at radius 2 is 1.76 bits per heavy atom. The number of benzene rings is 1. The zero-order chi connectivity index (χ0) is 27.9. The van der Waals surface area contributed by atoms with Gasteiger partial charge in [-0.3, -0.25) is 4.79 Å². The number of nitrogens with one attached hydrogen (secondary N) is 1. The molecular formula is C23H25F3N4O8. The number of nitrogens with zero attached hydrogens (tertiary/aromatic N) is 2. The molecule has 3 heterocycles. The van der Waals surface area contributed by atoms with E-state index in [1.807, 2.05) is 0 Å². The molecule has 0 unspecified atom stereocenters. The second-order valence-corrected chi connectivity index (χ2v) is 9.30. The number of carboxylic acids is 3. The number of alkyl halides is 2. The highest BCUT2D eigenvalue weighted by Gasteiger charge is 2.39. The van der Waals surface area contributed by atoms with E-state index in [2.05, 4.69) is 5.32 Å². The Bertz CT molecular complexity index is 1330. The molecule has 1 aromatic heterocycles. The van der Waals surface area contributed by atoms with Crippen LogP contribution in [-0.4, -0.2) is 70.1 Å². The van der Waals surface area contributed by atoms with Crippen molar-refractivity contribution in [2.45, 2.75) is 44.4 Å². The van der Waals surface area contributed by atoms with E-state index < -0.39 is 58.2 Å². The molecule has 12 nitrogen and oxygen atoms in total. The summed E-state index contributed by atoms with van der Waals surface area (Å²) in [4.78, 5) is 44.4. The summed E-state index contributed by atoms with van der Waals surface area (Å²) in [5, 5.41) is 27.2. The third-order valence-corrected chi connectivity index (χ3v) is 6.85. The summed E-state index contributed by atoms with van der Waals surface area (Å²) in [5.41, 5.74) is 3.56. The smallest absolute Gasteiger partial charge is 0.414 e. The number of piperidine rings is 1. The van der Waals surface area contributed by atoms with Gasteiger partial charge in [-0.15, -0.1) is 0 Å². The second kappa shape index (κ2) is 10.4. The van der Waals surface area contributed by atoms with E-state index in [1.54, 1.807) is 4.90 Å². The third-order valence-electron chi connectivity index (χ3n) is 6.85. The van der Waals surface area contributed by atoms with Crippen LogP contribution >= 0.6 is 0 Å². The fourth-order valence-corrected chi connectivity index (χ4v) is 5.07. The number of rotatable bonds is 5. The van der Waals surface area contributed by atoms with Gasteiger partial charge in [0, 0.05) is 31.4 Å². The van der Waals surface area contributed by atoms with Crippen LogP contribution < -0.4 is 26.1 Å². The predicted octanol–water partition coefficient (Wildman–Crippen LogP) is 1.70. The maximum absolute atomic E-state index is 15.6. The van der Waals surface area contributed by atoms with Crippen LogP contribution in [0, 0.1) is 11.7 Å². The number of nitrogen functional groups attached to an aromatic ring is 1. The van der Waals surface area contributed by atoms with Gasteiger partial charge in [0.2, 0.25) is 5.43 Å². The van der Waals surface area contributed by atoms with E-state index in [4.69, 9.17) is 30.3 Å². The second-order valence-electron chi connectivity index (χ2n) is 9.30. The van der Waals surface area contributed by atoms with E-state index in [9.17, 15) is 23.5 Å². The van der Waals surface area contributed by atoms with Crippen LogP contribution in [0.1, 0.15) is 42.1 Å². The van der Waals surface area contributed by atoms with E-state index in [-0.39, 0.29) is 29.2 Å². The average molecular weight is 542 g/mol.